The van der Waals surface area contributed by atoms with Gasteiger partial charge in [0.1, 0.15) is 0 Å². The maximum Gasteiger partial charge on any atom is 0.168 e. The first kappa shape index (κ1) is 18.4. The van der Waals surface area contributed by atoms with E-state index in [1.807, 2.05) is 30.3 Å². The van der Waals surface area contributed by atoms with E-state index in [0.717, 1.165) is 23.6 Å². The van der Waals surface area contributed by atoms with Gasteiger partial charge in [0, 0.05) is 20.9 Å². The van der Waals surface area contributed by atoms with Crippen LogP contribution in [-0.2, 0) is 12.8 Å². The summed E-state index contributed by atoms with van der Waals surface area (Å²) in [4.78, 5) is 2.09. The Morgan fingerprint density at radius 1 is 0.852 bits per heavy atom. The molecule has 1 heterocycles. The van der Waals surface area contributed by atoms with Crippen molar-refractivity contribution in [3.05, 3.63) is 70.6 Å². The van der Waals surface area contributed by atoms with Crippen LogP contribution in [0.15, 0.2) is 48.5 Å². The summed E-state index contributed by atoms with van der Waals surface area (Å²) in [5, 5.41) is 0. The second kappa shape index (κ2) is 7.93. The van der Waals surface area contributed by atoms with Crippen molar-refractivity contribution in [1.82, 2.24) is 0 Å². The molecule has 0 amide bonds. The topological polar surface area (TPSA) is 0 Å². The molecular weight excluding hydrogens is 358 g/mol. The van der Waals surface area contributed by atoms with Gasteiger partial charge in [-0.05, 0) is 48.1 Å². The van der Waals surface area contributed by atoms with Crippen LogP contribution in [0.2, 0.25) is 0 Å². The SMILES string of the molecule is CCc1ccc(-c2ccc(-c3ccc(CC4CCCC4)s3)c(F)c2F)cc1. The summed E-state index contributed by atoms with van der Waals surface area (Å²) in [6, 6.07) is 15.1. The van der Waals surface area contributed by atoms with Crippen LogP contribution in [0.4, 0.5) is 8.78 Å². The fourth-order valence-electron chi connectivity index (χ4n) is 4.01. The molecule has 0 unspecified atom stereocenters. The first-order valence-corrected chi connectivity index (χ1v) is 10.6. The molecule has 4 rings (SSSR count). The monoisotopic (exact) mass is 382 g/mol. The highest BCUT2D eigenvalue weighted by Gasteiger charge is 2.19. The Morgan fingerprint density at radius 2 is 1.52 bits per heavy atom. The molecule has 2 aromatic carbocycles. The molecule has 0 N–H and O–H groups in total. The van der Waals surface area contributed by atoms with Crippen molar-refractivity contribution in [2.24, 2.45) is 5.92 Å². The van der Waals surface area contributed by atoms with Crippen molar-refractivity contribution in [3.8, 4) is 21.6 Å². The highest BCUT2D eigenvalue weighted by molar-refractivity contribution is 7.15. The first-order chi connectivity index (χ1) is 13.2. The van der Waals surface area contributed by atoms with Gasteiger partial charge in [0.25, 0.3) is 0 Å². The zero-order chi connectivity index (χ0) is 18.8. The van der Waals surface area contributed by atoms with Crippen LogP contribution in [0, 0.1) is 17.6 Å². The fourth-order valence-corrected chi connectivity index (χ4v) is 5.16. The lowest BCUT2D eigenvalue weighted by Gasteiger charge is -2.09. The van der Waals surface area contributed by atoms with Gasteiger partial charge in [-0.3, -0.25) is 0 Å². The first-order valence-electron chi connectivity index (χ1n) is 9.82. The lowest BCUT2D eigenvalue weighted by molar-refractivity contribution is 0.514. The van der Waals surface area contributed by atoms with E-state index in [0.29, 0.717) is 16.7 Å². The molecule has 0 radical (unpaired) electrons. The lowest BCUT2D eigenvalue weighted by atomic mass is 10.00. The van der Waals surface area contributed by atoms with Crippen molar-refractivity contribution in [3.63, 3.8) is 0 Å². The van der Waals surface area contributed by atoms with Gasteiger partial charge in [0.15, 0.2) is 11.6 Å². The second-order valence-electron chi connectivity index (χ2n) is 7.46. The molecule has 0 aliphatic heterocycles. The average molecular weight is 383 g/mol. The van der Waals surface area contributed by atoms with Crippen molar-refractivity contribution in [1.29, 1.82) is 0 Å². The quantitative estimate of drug-likeness (QED) is 0.425. The van der Waals surface area contributed by atoms with Gasteiger partial charge in [0.05, 0.1) is 0 Å². The molecule has 0 nitrogen and oxygen atoms in total. The summed E-state index contributed by atoms with van der Waals surface area (Å²) in [6.07, 6.45) is 7.23. The van der Waals surface area contributed by atoms with Gasteiger partial charge >= 0.3 is 0 Å². The molecule has 1 aliphatic rings. The lowest BCUT2D eigenvalue weighted by Crippen LogP contribution is -1.95. The van der Waals surface area contributed by atoms with E-state index >= 15 is 0 Å². The standard InChI is InChI=1S/C24H24F2S/c1-2-16-7-9-18(10-8-16)20-12-13-21(24(26)23(20)25)22-14-11-19(27-22)15-17-5-3-4-6-17/h7-14,17H,2-6,15H2,1H3. The fraction of sp³-hybridized carbons (Fsp3) is 0.333. The van der Waals surface area contributed by atoms with Crippen molar-refractivity contribution >= 4 is 11.3 Å². The van der Waals surface area contributed by atoms with Crippen LogP contribution in [0.25, 0.3) is 21.6 Å². The van der Waals surface area contributed by atoms with Crippen LogP contribution in [-0.4, -0.2) is 0 Å². The van der Waals surface area contributed by atoms with Gasteiger partial charge < -0.3 is 0 Å². The summed E-state index contributed by atoms with van der Waals surface area (Å²) in [5.74, 6) is -0.754. The summed E-state index contributed by atoms with van der Waals surface area (Å²) in [5.41, 5.74) is 2.58. The van der Waals surface area contributed by atoms with Crippen molar-refractivity contribution < 1.29 is 8.78 Å². The zero-order valence-electron chi connectivity index (χ0n) is 15.6. The largest absolute Gasteiger partial charge is 0.203 e. The maximum absolute atomic E-state index is 14.8. The van der Waals surface area contributed by atoms with E-state index in [9.17, 15) is 8.78 Å². The second-order valence-corrected chi connectivity index (χ2v) is 8.63. The Hall–Kier alpha value is -2.00. The highest BCUT2D eigenvalue weighted by atomic mass is 32.1. The Bertz CT molecular complexity index is 918. The van der Waals surface area contributed by atoms with E-state index in [1.54, 1.807) is 23.5 Å². The van der Waals surface area contributed by atoms with Crippen molar-refractivity contribution in [2.75, 3.05) is 0 Å². The van der Waals surface area contributed by atoms with Crippen LogP contribution in [0.1, 0.15) is 43.0 Å². The average Bonchev–Trinajstić information content (AvgIpc) is 3.37. The number of halogens is 2. The molecule has 3 aromatic rings. The molecule has 1 aromatic heterocycles. The Labute approximate surface area is 163 Å². The zero-order valence-corrected chi connectivity index (χ0v) is 16.4. The molecular formula is C24H24F2S. The minimum Gasteiger partial charge on any atom is -0.203 e. The minimum absolute atomic E-state index is 0.321. The highest BCUT2D eigenvalue weighted by Crippen LogP contribution is 2.37. The molecule has 1 aliphatic carbocycles. The predicted molar refractivity (Wildman–Crippen MR) is 110 cm³/mol. The van der Waals surface area contributed by atoms with Crippen LogP contribution in [0.3, 0.4) is 0 Å². The molecule has 1 saturated carbocycles. The van der Waals surface area contributed by atoms with Crippen molar-refractivity contribution in [2.45, 2.75) is 45.4 Å². The molecule has 1 fully saturated rings. The molecule has 3 heteroatoms. The molecule has 0 saturated heterocycles. The summed E-state index contributed by atoms with van der Waals surface area (Å²) >= 11 is 1.60. The molecule has 0 atom stereocenters. The third-order valence-corrected chi connectivity index (χ3v) is 6.79. The van der Waals surface area contributed by atoms with Gasteiger partial charge in [-0.15, -0.1) is 11.3 Å². The number of aryl methyl sites for hydroxylation is 1. The van der Waals surface area contributed by atoms with Gasteiger partial charge in [-0.25, -0.2) is 8.78 Å². The number of hydrogen-bond donors (Lipinski definition) is 0. The van der Waals surface area contributed by atoms with Gasteiger partial charge in [0.2, 0.25) is 0 Å². The van der Waals surface area contributed by atoms with E-state index in [1.165, 1.54) is 36.1 Å². The third kappa shape index (κ3) is 3.84. The number of hydrogen-bond acceptors (Lipinski definition) is 1. The molecule has 0 spiro atoms. The van der Waals surface area contributed by atoms with Gasteiger partial charge in [-0.2, -0.15) is 0 Å². The minimum atomic E-state index is -0.762. The van der Waals surface area contributed by atoms with E-state index in [-0.39, 0.29) is 0 Å². The Morgan fingerprint density at radius 3 is 2.22 bits per heavy atom. The number of thiophene rings is 1. The predicted octanol–water partition coefficient (Wildman–Crippen LogP) is 7.66. The number of benzene rings is 2. The van der Waals surface area contributed by atoms with Crippen LogP contribution in [0.5, 0.6) is 0 Å². The normalized spacial score (nSPS) is 14.8. The Kier molecular flexibility index (Phi) is 5.40. The van der Waals surface area contributed by atoms with E-state index in [4.69, 9.17) is 0 Å². The maximum atomic E-state index is 14.8. The van der Waals surface area contributed by atoms with E-state index < -0.39 is 11.6 Å². The third-order valence-electron chi connectivity index (χ3n) is 5.65. The Balaban J connectivity index is 1.60. The summed E-state index contributed by atoms with van der Waals surface area (Å²) < 4.78 is 29.6. The number of rotatable bonds is 5. The van der Waals surface area contributed by atoms with E-state index in [2.05, 4.69) is 13.0 Å². The molecule has 0 bridgehead atoms. The summed E-state index contributed by atoms with van der Waals surface area (Å²) in [7, 11) is 0. The summed E-state index contributed by atoms with van der Waals surface area (Å²) in [6.45, 7) is 2.08. The van der Waals surface area contributed by atoms with Gasteiger partial charge in [-0.1, -0.05) is 62.9 Å². The van der Waals surface area contributed by atoms with Crippen LogP contribution >= 0.6 is 11.3 Å². The molecule has 27 heavy (non-hydrogen) atoms. The molecule has 140 valence electrons. The van der Waals surface area contributed by atoms with Crippen LogP contribution < -0.4 is 0 Å². The smallest absolute Gasteiger partial charge is 0.168 e.